The van der Waals surface area contributed by atoms with Crippen LogP contribution < -0.4 is 10.2 Å². The van der Waals surface area contributed by atoms with Gasteiger partial charge >= 0.3 is 0 Å². The Kier molecular flexibility index (Phi) is 4.44. The SMILES string of the molecule is COCCN1COc2ccc3c(=O)c(-c4ccccc4F)coc3c2C1. The molecule has 134 valence electrons. The van der Waals surface area contributed by atoms with Crippen molar-refractivity contribution < 1.29 is 18.3 Å². The summed E-state index contributed by atoms with van der Waals surface area (Å²) in [4.78, 5) is 15.0. The maximum absolute atomic E-state index is 14.1. The monoisotopic (exact) mass is 355 g/mol. The molecule has 0 N–H and O–H groups in total. The van der Waals surface area contributed by atoms with Crippen LogP contribution in [0.4, 0.5) is 4.39 Å². The number of hydrogen-bond acceptors (Lipinski definition) is 5. The molecule has 0 unspecified atom stereocenters. The van der Waals surface area contributed by atoms with Gasteiger partial charge in [-0.15, -0.1) is 0 Å². The summed E-state index contributed by atoms with van der Waals surface area (Å²) in [6.45, 7) is 2.35. The first kappa shape index (κ1) is 16.8. The topological polar surface area (TPSA) is 51.9 Å². The Morgan fingerprint density at radius 3 is 2.85 bits per heavy atom. The zero-order valence-electron chi connectivity index (χ0n) is 14.3. The van der Waals surface area contributed by atoms with Crippen molar-refractivity contribution in [1.29, 1.82) is 0 Å². The standard InChI is InChI=1S/C20H18FNO4/c1-24-9-8-22-10-15-18(26-12-22)7-6-14-19(23)16(11-25-20(14)15)13-4-2-3-5-17(13)21/h2-7,11H,8-10,12H2,1H3. The lowest BCUT2D eigenvalue weighted by Crippen LogP contribution is -2.34. The van der Waals surface area contributed by atoms with Gasteiger partial charge in [-0.2, -0.15) is 0 Å². The van der Waals surface area contributed by atoms with Crippen LogP contribution in [0.2, 0.25) is 0 Å². The molecule has 1 aliphatic rings. The summed E-state index contributed by atoms with van der Waals surface area (Å²) in [6, 6.07) is 9.62. The predicted molar refractivity (Wildman–Crippen MR) is 95.7 cm³/mol. The van der Waals surface area contributed by atoms with Crippen LogP contribution in [-0.2, 0) is 11.3 Å². The minimum Gasteiger partial charge on any atom is -0.478 e. The Bertz CT molecular complexity index is 1010. The first-order valence-corrected chi connectivity index (χ1v) is 8.35. The van der Waals surface area contributed by atoms with E-state index in [1.165, 1.54) is 12.3 Å². The van der Waals surface area contributed by atoms with Crippen LogP contribution in [0.5, 0.6) is 5.75 Å². The summed E-state index contributed by atoms with van der Waals surface area (Å²) in [6.07, 6.45) is 1.33. The summed E-state index contributed by atoms with van der Waals surface area (Å²) >= 11 is 0. The number of fused-ring (bicyclic) bond motifs is 3. The molecule has 26 heavy (non-hydrogen) atoms. The molecule has 4 rings (SSSR count). The summed E-state index contributed by atoms with van der Waals surface area (Å²) in [5, 5.41) is 0.418. The smallest absolute Gasteiger partial charge is 0.200 e. The number of rotatable bonds is 4. The van der Waals surface area contributed by atoms with Crippen molar-refractivity contribution in [3.63, 3.8) is 0 Å². The maximum atomic E-state index is 14.1. The molecule has 0 saturated heterocycles. The highest BCUT2D eigenvalue weighted by atomic mass is 19.1. The third-order valence-corrected chi connectivity index (χ3v) is 4.56. The van der Waals surface area contributed by atoms with Crippen LogP contribution in [0.1, 0.15) is 5.56 Å². The zero-order chi connectivity index (χ0) is 18.1. The predicted octanol–water partition coefficient (Wildman–Crippen LogP) is 3.40. The average Bonchev–Trinajstić information content (AvgIpc) is 2.67. The third-order valence-electron chi connectivity index (χ3n) is 4.56. The number of halogens is 1. The first-order valence-electron chi connectivity index (χ1n) is 8.35. The van der Waals surface area contributed by atoms with Gasteiger partial charge in [0.05, 0.1) is 23.1 Å². The molecule has 0 bridgehead atoms. The van der Waals surface area contributed by atoms with Crippen molar-refractivity contribution in [2.75, 3.05) is 27.0 Å². The molecule has 0 spiro atoms. The van der Waals surface area contributed by atoms with E-state index >= 15 is 0 Å². The summed E-state index contributed by atoms with van der Waals surface area (Å²) in [7, 11) is 1.65. The molecule has 1 aliphatic heterocycles. The van der Waals surface area contributed by atoms with Crippen LogP contribution in [0, 0.1) is 5.82 Å². The first-order chi connectivity index (χ1) is 12.7. The summed E-state index contributed by atoms with van der Waals surface area (Å²) < 4.78 is 30.7. The molecule has 5 nitrogen and oxygen atoms in total. The molecule has 0 aliphatic carbocycles. The van der Waals surface area contributed by atoms with Crippen LogP contribution in [-0.4, -0.2) is 31.9 Å². The van der Waals surface area contributed by atoms with Crippen LogP contribution >= 0.6 is 0 Å². The highest BCUT2D eigenvalue weighted by Crippen LogP contribution is 2.32. The lowest BCUT2D eigenvalue weighted by atomic mass is 10.0. The van der Waals surface area contributed by atoms with Gasteiger partial charge in [0.2, 0.25) is 5.43 Å². The van der Waals surface area contributed by atoms with Gasteiger partial charge in [-0.25, -0.2) is 4.39 Å². The van der Waals surface area contributed by atoms with E-state index in [1.54, 1.807) is 37.4 Å². The molecule has 3 aromatic rings. The van der Waals surface area contributed by atoms with E-state index in [4.69, 9.17) is 13.9 Å². The Labute approximate surface area is 149 Å². The second-order valence-electron chi connectivity index (χ2n) is 6.20. The molecule has 0 fully saturated rings. The second-order valence-corrected chi connectivity index (χ2v) is 6.20. The fourth-order valence-electron chi connectivity index (χ4n) is 3.18. The van der Waals surface area contributed by atoms with Gasteiger partial charge in [-0.3, -0.25) is 9.69 Å². The number of ether oxygens (including phenoxy) is 2. The Morgan fingerprint density at radius 1 is 1.19 bits per heavy atom. The van der Waals surface area contributed by atoms with Crippen molar-refractivity contribution in [3.8, 4) is 16.9 Å². The van der Waals surface area contributed by atoms with E-state index in [0.29, 0.717) is 43.1 Å². The van der Waals surface area contributed by atoms with E-state index in [2.05, 4.69) is 4.90 Å². The molecule has 2 aromatic carbocycles. The highest BCUT2D eigenvalue weighted by molar-refractivity contribution is 5.85. The zero-order valence-corrected chi connectivity index (χ0v) is 14.3. The Morgan fingerprint density at radius 2 is 2.04 bits per heavy atom. The number of methoxy groups -OCH3 is 1. The van der Waals surface area contributed by atoms with Gasteiger partial charge in [0.25, 0.3) is 0 Å². The second kappa shape index (κ2) is 6.90. The van der Waals surface area contributed by atoms with Gasteiger partial charge in [0, 0.05) is 25.8 Å². The van der Waals surface area contributed by atoms with Crippen molar-refractivity contribution >= 4 is 11.0 Å². The normalized spacial score (nSPS) is 14.2. The molecule has 0 radical (unpaired) electrons. The Balaban J connectivity index is 1.81. The van der Waals surface area contributed by atoms with Crippen LogP contribution in [0.3, 0.4) is 0 Å². The quantitative estimate of drug-likeness (QED) is 0.718. The van der Waals surface area contributed by atoms with Crippen molar-refractivity contribution in [2.45, 2.75) is 6.54 Å². The summed E-state index contributed by atoms with van der Waals surface area (Å²) in [5.41, 5.74) is 1.49. The van der Waals surface area contributed by atoms with Crippen LogP contribution in [0.15, 0.2) is 51.9 Å². The molecule has 1 aromatic heterocycles. The van der Waals surface area contributed by atoms with Gasteiger partial charge in [-0.05, 0) is 18.2 Å². The molecular formula is C20H18FNO4. The maximum Gasteiger partial charge on any atom is 0.200 e. The minimum absolute atomic E-state index is 0.212. The molecular weight excluding hydrogens is 337 g/mol. The third kappa shape index (κ3) is 2.87. The van der Waals surface area contributed by atoms with E-state index in [-0.39, 0.29) is 16.6 Å². The highest BCUT2D eigenvalue weighted by Gasteiger charge is 2.23. The lowest BCUT2D eigenvalue weighted by molar-refractivity contribution is 0.0658. The van der Waals surface area contributed by atoms with Gasteiger partial charge in [0.15, 0.2) is 0 Å². The van der Waals surface area contributed by atoms with Gasteiger partial charge in [-0.1, -0.05) is 18.2 Å². The van der Waals surface area contributed by atoms with Crippen LogP contribution in [0.25, 0.3) is 22.1 Å². The van der Waals surface area contributed by atoms with Crippen molar-refractivity contribution in [2.24, 2.45) is 0 Å². The molecule has 0 saturated carbocycles. The number of hydrogen-bond donors (Lipinski definition) is 0. The van der Waals surface area contributed by atoms with E-state index < -0.39 is 5.82 Å². The largest absolute Gasteiger partial charge is 0.478 e. The Hall–Kier alpha value is -2.70. The average molecular weight is 355 g/mol. The van der Waals surface area contributed by atoms with Crippen molar-refractivity contribution in [3.05, 3.63) is 64.3 Å². The molecule has 2 heterocycles. The summed E-state index contributed by atoms with van der Waals surface area (Å²) in [5.74, 6) is 0.249. The van der Waals surface area contributed by atoms with Crippen molar-refractivity contribution in [1.82, 2.24) is 4.90 Å². The van der Waals surface area contributed by atoms with Gasteiger partial charge in [0.1, 0.15) is 30.1 Å². The lowest BCUT2D eigenvalue weighted by Gasteiger charge is -2.28. The fraction of sp³-hybridized carbons (Fsp3) is 0.250. The van der Waals surface area contributed by atoms with E-state index in [0.717, 1.165) is 5.56 Å². The van der Waals surface area contributed by atoms with Gasteiger partial charge < -0.3 is 13.9 Å². The number of benzene rings is 2. The minimum atomic E-state index is -0.453. The fourth-order valence-corrected chi connectivity index (χ4v) is 3.18. The van der Waals surface area contributed by atoms with E-state index in [9.17, 15) is 9.18 Å². The number of nitrogens with zero attached hydrogens (tertiary/aromatic N) is 1. The molecule has 0 atom stereocenters. The molecule has 0 amide bonds. The molecule has 6 heteroatoms. The van der Waals surface area contributed by atoms with E-state index in [1.807, 2.05) is 0 Å².